The maximum absolute atomic E-state index is 12.9. The number of likely N-dealkylation sites (N-methyl/N-ethyl adjacent to an activating group) is 2. The summed E-state index contributed by atoms with van der Waals surface area (Å²) in [6, 6.07) is 13.7. The van der Waals surface area contributed by atoms with Crippen molar-refractivity contribution in [1.29, 1.82) is 0 Å². The maximum atomic E-state index is 12.9. The number of rotatable bonds is 10. The van der Waals surface area contributed by atoms with Gasteiger partial charge < -0.3 is 29.4 Å². The molecule has 0 radical (unpaired) electrons. The van der Waals surface area contributed by atoms with Crippen molar-refractivity contribution < 1.29 is 29.0 Å². The highest BCUT2D eigenvalue weighted by atomic mass is 16.7. The van der Waals surface area contributed by atoms with Gasteiger partial charge in [-0.05, 0) is 41.5 Å². The van der Waals surface area contributed by atoms with Gasteiger partial charge in [-0.3, -0.25) is 14.4 Å². The topological polar surface area (TPSA) is 110 Å². The highest BCUT2D eigenvalue weighted by Gasteiger charge is 2.32. The van der Waals surface area contributed by atoms with Crippen LogP contribution in [0.1, 0.15) is 16.1 Å². The predicted octanol–water partition coefficient (Wildman–Crippen LogP) is 1.71. The van der Waals surface area contributed by atoms with Gasteiger partial charge in [0.25, 0.3) is 5.91 Å². The average molecular weight is 468 g/mol. The second-order valence-electron chi connectivity index (χ2n) is 7.86. The number of carbonyl (C=O) groups excluding carboxylic acids is 3. The van der Waals surface area contributed by atoms with E-state index in [0.717, 1.165) is 32.6 Å². The van der Waals surface area contributed by atoms with Crippen molar-refractivity contribution in [1.82, 2.24) is 14.8 Å². The summed E-state index contributed by atoms with van der Waals surface area (Å²) in [6.45, 7) is -0.170. The molecule has 0 saturated carbocycles. The molecule has 0 aliphatic heterocycles. The number of ketones is 1. The molecule has 0 aliphatic rings. The lowest BCUT2D eigenvalue weighted by molar-refractivity contribution is -0.135. The van der Waals surface area contributed by atoms with Crippen LogP contribution in [0.3, 0.4) is 0 Å². The van der Waals surface area contributed by atoms with Crippen LogP contribution in [0.15, 0.2) is 48.5 Å². The molecule has 0 spiro atoms. The Morgan fingerprint density at radius 1 is 1.09 bits per heavy atom. The Hall–Kier alpha value is -3.53. The first-order chi connectivity index (χ1) is 16.3. The molecule has 2 amide bonds. The van der Waals surface area contributed by atoms with Crippen LogP contribution < -0.4 is 5.32 Å². The smallest absolute Gasteiger partial charge is 0.254 e. The van der Waals surface area contributed by atoms with E-state index in [-0.39, 0.29) is 6.79 Å². The number of nitrogens with zero attached hydrogens (tertiary/aromatic N) is 2. The number of aryl methyl sites for hydroxylation is 1. The molecule has 180 valence electrons. The van der Waals surface area contributed by atoms with Gasteiger partial charge >= 0.3 is 0 Å². The molecule has 1 aromatic heterocycles. The number of fused-ring (bicyclic) bond motifs is 1. The van der Waals surface area contributed by atoms with Crippen molar-refractivity contribution in [3.63, 3.8) is 0 Å². The molecule has 2 N–H and O–H groups in total. The lowest BCUT2D eigenvalue weighted by Crippen LogP contribution is -2.52. The lowest BCUT2D eigenvalue weighted by atomic mass is 10.0. The van der Waals surface area contributed by atoms with Gasteiger partial charge in [-0.15, -0.1) is 0 Å². The summed E-state index contributed by atoms with van der Waals surface area (Å²) in [7, 11) is 6.30. The van der Waals surface area contributed by atoms with E-state index in [2.05, 4.69) is 22.0 Å². The normalized spacial score (nSPS) is 11.9. The summed E-state index contributed by atoms with van der Waals surface area (Å²) in [4.78, 5) is 38.0. The minimum absolute atomic E-state index is 0.227. The van der Waals surface area contributed by atoms with Gasteiger partial charge in [-0.25, -0.2) is 0 Å². The Bertz CT molecular complexity index is 1170. The molecule has 0 aliphatic carbocycles. The van der Waals surface area contributed by atoms with E-state index in [1.54, 1.807) is 19.2 Å². The first-order valence-corrected chi connectivity index (χ1v) is 10.7. The summed E-state index contributed by atoms with van der Waals surface area (Å²) in [5.74, 6) is -1.91. The van der Waals surface area contributed by atoms with Crippen molar-refractivity contribution in [3.8, 4) is 11.1 Å². The molecule has 3 aromatic rings. The van der Waals surface area contributed by atoms with Gasteiger partial charge in [0.2, 0.25) is 5.91 Å². The average Bonchev–Trinajstić information content (AvgIpc) is 3.18. The van der Waals surface area contributed by atoms with Crippen molar-refractivity contribution >= 4 is 28.5 Å². The van der Waals surface area contributed by atoms with Crippen LogP contribution in [0.2, 0.25) is 0 Å². The number of hydrogen-bond acceptors (Lipinski definition) is 6. The van der Waals surface area contributed by atoms with Crippen LogP contribution in [-0.4, -0.2) is 72.8 Å². The van der Waals surface area contributed by atoms with Crippen LogP contribution in [0.25, 0.3) is 22.0 Å². The number of benzene rings is 2. The van der Waals surface area contributed by atoms with E-state index in [0.29, 0.717) is 12.2 Å². The summed E-state index contributed by atoms with van der Waals surface area (Å²) >= 11 is 0. The molecule has 3 rings (SSSR count). The number of aromatic nitrogens is 1. The largest absolute Gasteiger partial charge is 0.388 e. The van der Waals surface area contributed by atoms with Crippen molar-refractivity contribution in [2.75, 3.05) is 34.6 Å². The van der Waals surface area contributed by atoms with E-state index < -0.39 is 30.2 Å². The van der Waals surface area contributed by atoms with Crippen molar-refractivity contribution in [3.05, 3.63) is 59.8 Å². The molecular weight excluding hydrogens is 438 g/mol. The van der Waals surface area contributed by atoms with Gasteiger partial charge in [-0.2, -0.15) is 0 Å². The molecule has 1 heterocycles. The third-order valence-electron chi connectivity index (χ3n) is 5.72. The Kier molecular flexibility index (Phi) is 8.17. The number of carbonyl (C=O) groups is 3. The molecule has 0 saturated heterocycles. The zero-order valence-electron chi connectivity index (χ0n) is 19.7. The highest BCUT2D eigenvalue weighted by molar-refractivity contribution is 6.10. The fourth-order valence-electron chi connectivity index (χ4n) is 3.84. The van der Waals surface area contributed by atoms with Crippen LogP contribution in [0.4, 0.5) is 0 Å². The van der Waals surface area contributed by atoms with E-state index in [1.165, 1.54) is 14.1 Å². The SMILES string of the molecule is CNC(=O)C(C(=O)CO)N(C)C(=O)c1ccc(-c2ccc3c(c2)cc(COCOC)n3C)cc1. The number of aliphatic hydroxyl groups is 1. The minimum atomic E-state index is -1.40. The third kappa shape index (κ3) is 5.17. The fraction of sp³-hybridized carbons (Fsp3) is 0.320. The first-order valence-electron chi connectivity index (χ1n) is 10.7. The van der Waals surface area contributed by atoms with E-state index in [1.807, 2.05) is 31.3 Å². The molecule has 1 atom stereocenters. The number of aliphatic hydroxyl groups excluding tert-OH is 1. The Morgan fingerprint density at radius 3 is 2.38 bits per heavy atom. The predicted molar refractivity (Wildman–Crippen MR) is 127 cm³/mol. The van der Waals surface area contributed by atoms with E-state index in [4.69, 9.17) is 9.47 Å². The number of Topliss-reactive ketones (excluding diaryl/α,β-unsaturated/α-hetero) is 1. The molecule has 0 bridgehead atoms. The summed E-state index contributed by atoms with van der Waals surface area (Å²) in [5, 5.41) is 12.6. The number of methoxy groups -OCH3 is 1. The fourth-order valence-corrected chi connectivity index (χ4v) is 3.84. The summed E-state index contributed by atoms with van der Waals surface area (Å²) < 4.78 is 12.5. The summed E-state index contributed by atoms with van der Waals surface area (Å²) in [6.07, 6.45) is 0. The Morgan fingerprint density at radius 2 is 1.76 bits per heavy atom. The second-order valence-corrected chi connectivity index (χ2v) is 7.86. The van der Waals surface area contributed by atoms with Crippen molar-refractivity contribution in [2.45, 2.75) is 12.6 Å². The van der Waals surface area contributed by atoms with Gasteiger partial charge in [0.05, 0.1) is 6.61 Å². The monoisotopic (exact) mass is 467 g/mol. The molecule has 9 nitrogen and oxygen atoms in total. The minimum Gasteiger partial charge on any atom is -0.388 e. The number of amides is 2. The highest BCUT2D eigenvalue weighted by Crippen LogP contribution is 2.27. The number of hydrogen-bond donors (Lipinski definition) is 2. The first kappa shape index (κ1) is 25.1. The zero-order chi connectivity index (χ0) is 24.8. The quantitative estimate of drug-likeness (QED) is 0.267. The maximum Gasteiger partial charge on any atom is 0.254 e. The van der Waals surface area contributed by atoms with Crippen LogP contribution >= 0.6 is 0 Å². The molecule has 34 heavy (non-hydrogen) atoms. The summed E-state index contributed by atoms with van der Waals surface area (Å²) in [5.41, 5.74) is 4.31. The van der Waals surface area contributed by atoms with E-state index >= 15 is 0 Å². The van der Waals surface area contributed by atoms with Crippen LogP contribution in [0, 0.1) is 0 Å². The van der Waals surface area contributed by atoms with Gasteiger partial charge in [0.15, 0.2) is 11.8 Å². The van der Waals surface area contributed by atoms with Gasteiger partial charge in [0.1, 0.15) is 13.4 Å². The second kappa shape index (κ2) is 11.1. The molecule has 2 aromatic carbocycles. The van der Waals surface area contributed by atoms with Gasteiger partial charge in [-0.1, -0.05) is 18.2 Å². The van der Waals surface area contributed by atoms with Crippen LogP contribution in [-0.2, 0) is 32.7 Å². The molecule has 1 unspecified atom stereocenters. The third-order valence-corrected chi connectivity index (χ3v) is 5.72. The standard InChI is InChI=1S/C25H29N3O6/c1-26-24(31)23(22(30)13-29)28(3)25(32)17-7-5-16(6-8-17)18-9-10-21-19(11-18)12-20(27(21)2)14-34-15-33-4/h5-12,23,29H,13-15H2,1-4H3,(H,26,31). The van der Waals surface area contributed by atoms with E-state index in [9.17, 15) is 19.5 Å². The number of ether oxygens (including phenoxy) is 2. The zero-order valence-corrected chi connectivity index (χ0v) is 19.7. The lowest BCUT2D eigenvalue weighted by Gasteiger charge is -2.25. The Labute approximate surface area is 197 Å². The molecule has 9 heteroatoms. The number of nitrogens with one attached hydrogen (secondary N) is 1. The van der Waals surface area contributed by atoms with Crippen LogP contribution in [0.5, 0.6) is 0 Å². The van der Waals surface area contributed by atoms with Gasteiger partial charge in [0, 0.05) is 50.4 Å². The molecular formula is C25H29N3O6. The molecule has 0 fully saturated rings. The van der Waals surface area contributed by atoms with Crippen molar-refractivity contribution in [2.24, 2.45) is 7.05 Å². The Balaban J connectivity index is 1.82.